The zero-order valence-corrected chi connectivity index (χ0v) is 19.4. The number of rotatable bonds is 11. The summed E-state index contributed by atoms with van der Waals surface area (Å²) in [6, 6.07) is 15.9. The van der Waals surface area contributed by atoms with E-state index in [4.69, 9.17) is 0 Å². The van der Waals surface area contributed by atoms with Crippen molar-refractivity contribution in [3.05, 3.63) is 70.8 Å². The van der Waals surface area contributed by atoms with Gasteiger partial charge in [-0.1, -0.05) is 67.4 Å². The van der Waals surface area contributed by atoms with Gasteiger partial charge in [0.1, 0.15) is 6.04 Å². The van der Waals surface area contributed by atoms with Crippen LogP contribution < -0.4 is 5.32 Å². The van der Waals surface area contributed by atoms with Gasteiger partial charge >= 0.3 is 0 Å². The second-order valence-electron chi connectivity index (χ2n) is 7.75. The minimum atomic E-state index is -0.505. The maximum atomic E-state index is 13.1. The Balaban J connectivity index is 2.04. The molecule has 0 bridgehead atoms. The highest BCUT2D eigenvalue weighted by atomic mass is 32.2. The Labute approximate surface area is 185 Å². The fraction of sp³-hybridized carbons (Fsp3) is 0.440. The Morgan fingerprint density at radius 2 is 1.77 bits per heavy atom. The van der Waals surface area contributed by atoms with Crippen LogP contribution in [0.2, 0.25) is 0 Å². The first kappa shape index (κ1) is 24.0. The number of carbonyl (C=O) groups excluding carboxylic acids is 2. The van der Waals surface area contributed by atoms with Gasteiger partial charge < -0.3 is 10.2 Å². The molecule has 2 aromatic rings. The lowest BCUT2D eigenvalue weighted by Crippen LogP contribution is -2.48. The molecule has 2 aromatic carbocycles. The van der Waals surface area contributed by atoms with Gasteiger partial charge in [-0.3, -0.25) is 9.59 Å². The molecule has 0 saturated carbocycles. The highest BCUT2D eigenvalue weighted by molar-refractivity contribution is 7.99. The molecule has 5 heteroatoms. The molecular formula is C25H34N2O2S. The molecule has 30 heavy (non-hydrogen) atoms. The molecule has 162 valence electrons. The Bertz CT molecular complexity index is 820. The minimum absolute atomic E-state index is 0.00713. The van der Waals surface area contributed by atoms with Crippen LogP contribution in [0.25, 0.3) is 0 Å². The molecule has 2 rings (SSSR count). The van der Waals surface area contributed by atoms with E-state index in [1.165, 1.54) is 16.7 Å². The molecule has 0 aliphatic rings. The zero-order chi connectivity index (χ0) is 21.9. The van der Waals surface area contributed by atoms with Crippen molar-refractivity contribution in [1.29, 1.82) is 0 Å². The predicted molar refractivity (Wildman–Crippen MR) is 126 cm³/mol. The van der Waals surface area contributed by atoms with Gasteiger partial charge in [0.15, 0.2) is 0 Å². The van der Waals surface area contributed by atoms with Gasteiger partial charge in [0.05, 0.1) is 5.75 Å². The predicted octanol–water partition coefficient (Wildman–Crippen LogP) is 4.87. The normalized spacial score (nSPS) is 11.7. The van der Waals surface area contributed by atoms with Crippen molar-refractivity contribution in [3.8, 4) is 0 Å². The summed E-state index contributed by atoms with van der Waals surface area (Å²) in [6.07, 6.45) is 1.97. The average molecular weight is 427 g/mol. The van der Waals surface area contributed by atoms with Gasteiger partial charge in [-0.05, 0) is 43.9 Å². The van der Waals surface area contributed by atoms with Crippen LogP contribution in [0.15, 0.2) is 48.5 Å². The Kier molecular flexibility index (Phi) is 9.95. The summed E-state index contributed by atoms with van der Waals surface area (Å²) < 4.78 is 0. The number of thioether (sulfide) groups is 1. The van der Waals surface area contributed by atoms with Crippen LogP contribution in [-0.2, 0) is 21.9 Å². The third-order valence-electron chi connectivity index (χ3n) is 5.21. The Morgan fingerprint density at radius 1 is 1.07 bits per heavy atom. The molecule has 0 spiro atoms. The van der Waals surface area contributed by atoms with E-state index < -0.39 is 6.04 Å². The molecule has 0 aromatic heterocycles. The third-order valence-corrected chi connectivity index (χ3v) is 6.18. The zero-order valence-electron chi connectivity index (χ0n) is 18.6. The van der Waals surface area contributed by atoms with E-state index in [0.29, 0.717) is 18.8 Å². The van der Waals surface area contributed by atoms with Crippen molar-refractivity contribution in [1.82, 2.24) is 10.2 Å². The summed E-state index contributed by atoms with van der Waals surface area (Å²) in [5.41, 5.74) is 4.69. The van der Waals surface area contributed by atoms with Gasteiger partial charge in [0.2, 0.25) is 11.8 Å². The number of amides is 2. The van der Waals surface area contributed by atoms with Gasteiger partial charge in [0.25, 0.3) is 0 Å². The molecule has 0 radical (unpaired) electrons. The van der Waals surface area contributed by atoms with E-state index in [1.807, 2.05) is 50.2 Å². The monoisotopic (exact) mass is 426 g/mol. The summed E-state index contributed by atoms with van der Waals surface area (Å²) in [6.45, 7) is 9.12. The van der Waals surface area contributed by atoms with Crippen molar-refractivity contribution in [2.45, 2.75) is 58.9 Å². The highest BCUT2D eigenvalue weighted by Crippen LogP contribution is 2.18. The number of hydrogen-bond donors (Lipinski definition) is 1. The Hall–Kier alpha value is -2.27. The number of nitrogens with one attached hydrogen (secondary N) is 1. The Morgan fingerprint density at radius 3 is 2.43 bits per heavy atom. The third kappa shape index (κ3) is 7.52. The van der Waals surface area contributed by atoms with E-state index in [0.717, 1.165) is 24.2 Å². The van der Waals surface area contributed by atoms with Crippen molar-refractivity contribution in [3.63, 3.8) is 0 Å². The van der Waals surface area contributed by atoms with Crippen molar-refractivity contribution in [2.75, 3.05) is 12.3 Å². The summed E-state index contributed by atoms with van der Waals surface area (Å²) >= 11 is 1.60. The molecule has 0 unspecified atom stereocenters. The highest BCUT2D eigenvalue weighted by Gasteiger charge is 2.25. The molecule has 0 aliphatic carbocycles. The van der Waals surface area contributed by atoms with E-state index >= 15 is 0 Å². The van der Waals surface area contributed by atoms with Crippen molar-refractivity contribution in [2.24, 2.45) is 0 Å². The van der Waals surface area contributed by atoms with Crippen LogP contribution in [0.1, 0.15) is 48.9 Å². The first-order valence-electron chi connectivity index (χ1n) is 10.7. The fourth-order valence-electron chi connectivity index (χ4n) is 3.11. The van der Waals surface area contributed by atoms with E-state index in [1.54, 1.807) is 16.7 Å². The van der Waals surface area contributed by atoms with Gasteiger partial charge in [-0.25, -0.2) is 0 Å². The van der Waals surface area contributed by atoms with Gasteiger partial charge in [-0.2, -0.15) is 0 Å². The van der Waals surface area contributed by atoms with Crippen LogP contribution >= 0.6 is 11.8 Å². The topological polar surface area (TPSA) is 49.4 Å². The number of nitrogens with zero attached hydrogens (tertiary/aromatic N) is 1. The molecule has 2 amide bonds. The average Bonchev–Trinajstić information content (AvgIpc) is 2.74. The quantitative estimate of drug-likeness (QED) is 0.522. The second kappa shape index (κ2) is 12.4. The molecule has 0 fully saturated rings. The largest absolute Gasteiger partial charge is 0.354 e. The standard InChI is InChI=1S/C25H34N2O2S/c1-5-6-15-26-25(29)21(4)27(16-22-13-11-19(2)12-14-22)24(28)18-30-17-23-10-8-7-9-20(23)3/h7-14,21H,5-6,15-18H2,1-4H3,(H,26,29)/t21-/m0/s1. The first-order valence-corrected chi connectivity index (χ1v) is 11.8. The smallest absolute Gasteiger partial charge is 0.242 e. The van der Waals surface area contributed by atoms with Crippen molar-refractivity contribution < 1.29 is 9.59 Å². The number of benzene rings is 2. The molecular weight excluding hydrogens is 392 g/mol. The lowest BCUT2D eigenvalue weighted by molar-refractivity contribution is -0.138. The molecule has 4 nitrogen and oxygen atoms in total. The van der Waals surface area contributed by atoms with E-state index in [2.05, 4.69) is 31.3 Å². The summed E-state index contributed by atoms with van der Waals surface area (Å²) in [5.74, 6) is 1.04. The van der Waals surface area contributed by atoms with Crippen LogP contribution in [0.3, 0.4) is 0 Å². The maximum absolute atomic E-state index is 13.1. The van der Waals surface area contributed by atoms with E-state index in [9.17, 15) is 9.59 Å². The second-order valence-corrected chi connectivity index (χ2v) is 8.73. The molecule has 1 N–H and O–H groups in total. The van der Waals surface area contributed by atoms with Crippen LogP contribution in [-0.4, -0.2) is 35.1 Å². The number of aryl methyl sites for hydroxylation is 2. The van der Waals surface area contributed by atoms with Gasteiger partial charge in [0, 0.05) is 18.8 Å². The maximum Gasteiger partial charge on any atom is 0.242 e. The molecule has 0 aliphatic heterocycles. The lowest BCUT2D eigenvalue weighted by Gasteiger charge is -2.29. The fourth-order valence-corrected chi connectivity index (χ4v) is 4.10. The molecule has 1 atom stereocenters. The van der Waals surface area contributed by atoms with Crippen LogP contribution in [0, 0.1) is 13.8 Å². The summed E-state index contributed by atoms with van der Waals surface area (Å²) in [5, 5.41) is 2.96. The number of unbranched alkanes of at least 4 members (excludes halogenated alkanes) is 1. The number of carbonyl (C=O) groups is 2. The first-order chi connectivity index (χ1) is 14.4. The van der Waals surface area contributed by atoms with Gasteiger partial charge in [-0.15, -0.1) is 11.8 Å². The summed E-state index contributed by atoms with van der Waals surface area (Å²) in [7, 11) is 0. The SMILES string of the molecule is CCCCNC(=O)[C@H](C)N(Cc1ccc(C)cc1)C(=O)CSCc1ccccc1C. The lowest BCUT2D eigenvalue weighted by atomic mass is 10.1. The molecule has 0 saturated heterocycles. The number of hydrogen-bond acceptors (Lipinski definition) is 3. The molecule has 0 heterocycles. The summed E-state index contributed by atoms with van der Waals surface area (Å²) in [4.78, 5) is 27.4. The van der Waals surface area contributed by atoms with Crippen LogP contribution in [0.5, 0.6) is 0 Å². The van der Waals surface area contributed by atoms with E-state index in [-0.39, 0.29) is 11.8 Å². The minimum Gasteiger partial charge on any atom is -0.354 e. The van der Waals surface area contributed by atoms with Crippen molar-refractivity contribution >= 4 is 23.6 Å². The van der Waals surface area contributed by atoms with Crippen LogP contribution in [0.4, 0.5) is 0 Å².